The molecule has 0 spiro atoms. The van der Waals surface area contributed by atoms with Crippen LogP contribution < -0.4 is 5.43 Å². The van der Waals surface area contributed by atoms with E-state index in [1.807, 2.05) is 25.1 Å². The summed E-state index contributed by atoms with van der Waals surface area (Å²) in [5, 5.41) is 5.24. The molecule has 0 unspecified atom stereocenters. The zero-order chi connectivity index (χ0) is 15.1. The summed E-state index contributed by atoms with van der Waals surface area (Å²) in [6.07, 6.45) is 6.95. The summed E-state index contributed by atoms with van der Waals surface area (Å²) in [7, 11) is 0. The van der Waals surface area contributed by atoms with Gasteiger partial charge in [0.1, 0.15) is 5.65 Å². The van der Waals surface area contributed by atoms with Gasteiger partial charge in [-0.15, -0.1) is 0 Å². The number of aromatic amines is 1. The summed E-state index contributed by atoms with van der Waals surface area (Å²) in [6, 6.07) is 5.69. The second-order valence-electron chi connectivity index (χ2n) is 5.88. The van der Waals surface area contributed by atoms with E-state index in [1.54, 1.807) is 10.9 Å². The predicted molar refractivity (Wildman–Crippen MR) is 85.5 cm³/mol. The van der Waals surface area contributed by atoms with Crippen LogP contribution in [0, 0.1) is 6.92 Å². The third-order valence-corrected chi connectivity index (χ3v) is 4.41. The van der Waals surface area contributed by atoms with Gasteiger partial charge in [0.25, 0.3) is 0 Å². The molecule has 5 nitrogen and oxygen atoms in total. The van der Waals surface area contributed by atoms with Gasteiger partial charge in [-0.1, -0.05) is 12.5 Å². The molecular weight excluding hydrogens is 276 g/mol. The minimum atomic E-state index is 0.144. The Kier molecular flexibility index (Phi) is 3.06. The van der Waals surface area contributed by atoms with Gasteiger partial charge in [0.05, 0.1) is 11.1 Å². The van der Waals surface area contributed by atoms with Crippen LogP contribution in [-0.4, -0.2) is 19.7 Å². The number of nitrogens with one attached hydrogen (secondary N) is 1. The van der Waals surface area contributed by atoms with Crippen molar-refractivity contribution < 1.29 is 0 Å². The van der Waals surface area contributed by atoms with E-state index < -0.39 is 0 Å². The predicted octanol–water partition coefficient (Wildman–Crippen LogP) is 2.69. The minimum absolute atomic E-state index is 0.144. The summed E-state index contributed by atoms with van der Waals surface area (Å²) < 4.78 is 1.75. The van der Waals surface area contributed by atoms with Gasteiger partial charge >= 0.3 is 0 Å². The van der Waals surface area contributed by atoms with Crippen LogP contribution in [0.25, 0.3) is 16.9 Å². The fourth-order valence-electron chi connectivity index (χ4n) is 3.32. The number of rotatable bonds is 1. The highest BCUT2D eigenvalue weighted by Crippen LogP contribution is 2.22. The highest BCUT2D eigenvalue weighted by Gasteiger charge is 2.20. The molecule has 3 aromatic heterocycles. The van der Waals surface area contributed by atoms with Crippen LogP contribution in [0.5, 0.6) is 0 Å². The van der Waals surface area contributed by atoms with Gasteiger partial charge in [-0.3, -0.25) is 4.79 Å². The molecule has 3 heterocycles. The average molecular weight is 294 g/mol. The first-order valence-corrected chi connectivity index (χ1v) is 7.80. The first kappa shape index (κ1) is 13.2. The molecule has 112 valence electrons. The van der Waals surface area contributed by atoms with Crippen molar-refractivity contribution in [2.24, 2.45) is 0 Å². The standard InChI is InChI=1S/C17H18N4O/c1-11-15-16(22)12-7-3-2-4-8-13(12)19-17(15)21(20-11)14-9-5-6-10-18-14/h5-6,9-10H,2-4,7-8H2,1H3,(H,19,22). The van der Waals surface area contributed by atoms with Gasteiger partial charge in [0.2, 0.25) is 0 Å². The maximum atomic E-state index is 12.9. The zero-order valence-corrected chi connectivity index (χ0v) is 12.6. The van der Waals surface area contributed by atoms with Crippen LogP contribution in [0.1, 0.15) is 36.2 Å². The highest BCUT2D eigenvalue weighted by atomic mass is 16.1. The van der Waals surface area contributed by atoms with E-state index in [0.717, 1.165) is 54.1 Å². The number of aromatic nitrogens is 4. The Morgan fingerprint density at radius 2 is 2.05 bits per heavy atom. The van der Waals surface area contributed by atoms with Crippen molar-refractivity contribution in [3.63, 3.8) is 0 Å². The van der Waals surface area contributed by atoms with E-state index >= 15 is 0 Å². The normalized spacial score (nSPS) is 14.8. The van der Waals surface area contributed by atoms with Gasteiger partial charge in [0.15, 0.2) is 11.2 Å². The first-order valence-electron chi connectivity index (χ1n) is 7.80. The van der Waals surface area contributed by atoms with Crippen LogP contribution in [0.3, 0.4) is 0 Å². The number of nitrogens with zero attached hydrogens (tertiary/aromatic N) is 3. The molecule has 0 saturated carbocycles. The maximum absolute atomic E-state index is 12.9. The van der Waals surface area contributed by atoms with E-state index in [1.165, 1.54) is 6.42 Å². The second kappa shape index (κ2) is 5.09. The Labute approximate surface area is 128 Å². The van der Waals surface area contributed by atoms with E-state index in [4.69, 9.17) is 0 Å². The Balaban J connectivity index is 2.04. The monoisotopic (exact) mass is 294 g/mol. The lowest BCUT2D eigenvalue weighted by Gasteiger charge is -2.07. The number of H-pyrrole nitrogens is 1. The number of pyridine rings is 2. The van der Waals surface area contributed by atoms with Crippen molar-refractivity contribution in [3.8, 4) is 5.82 Å². The van der Waals surface area contributed by atoms with Crippen LogP contribution in [0.15, 0.2) is 29.2 Å². The van der Waals surface area contributed by atoms with Crippen LogP contribution in [0.4, 0.5) is 0 Å². The summed E-state index contributed by atoms with van der Waals surface area (Å²) in [4.78, 5) is 20.7. The maximum Gasteiger partial charge on any atom is 0.196 e. The molecule has 0 aliphatic heterocycles. The van der Waals surface area contributed by atoms with Crippen molar-refractivity contribution >= 4 is 11.0 Å². The van der Waals surface area contributed by atoms with E-state index in [9.17, 15) is 4.79 Å². The summed E-state index contributed by atoms with van der Waals surface area (Å²) >= 11 is 0. The van der Waals surface area contributed by atoms with Crippen LogP contribution in [0.2, 0.25) is 0 Å². The van der Waals surface area contributed by atoms with Crippen molar-refractivity contribution in [1.29, 1.82) is 0 Å². The largest absolute Gasteiger partial charge is 0.343 e. The Hall–Kier alpha value is -2.43. The fourth-order valence-corrected chi connectivity index (χ4v) is 3.32. The van der Waals surface area contributed by atoms with Crippen molar-refractivity contribution in [1.82, 2.24) is 19.7 Å². The lowest BCUT2D eigenvalue weighted by molar-refractivity contribution is 0.708. The van der Waals surface area contributed by atoms with Gasteiger partial charge in [0, 0.05) is 17.5 Å². The Morgan fingerprint density at radius 1 is 1.18 bits per heavy atom. The molecule has 0 bridgehead atoms. The Morgan fingerprint density at radius 3 is 2.86 bits per heavy atom. The quantitative estimate of drug-likeness (QED) is 0.702. The summed E-state index contributed by atoms with van der Waals surface area (Å²) in [6.45, 7) is 1.89. The molecule has 0 radical (unpaired) electrons. The average Bonchev–Trinajstić information content (AvgIpc) is 2.72. The van der Waals surface area contributed by atoms with Gasteiger partial charge in [-0.25, -0.2) is 4.98 Å². The van der Waals surface area contributed by atoms with Crippen molar-refractivity contribution in [2.75, 3.05) is 0 Å². The van der Waals surface area contributed by atoms with Crippen molar-refractivity contribution in [2.45, 2.75) is 39.0 Å². The third kappa shape index (κ3) is 1.96. The summed E-state index contributed by atoms with van der Waals surface area (Å²) in [5.74, 6) is 0.727. The molecule has 1 aliphatic rings. The number of fused-ring (bicyclic) bond motifs is 2. The van der Waals surface area contributed by atoms with E-state index in [0.29, 0.717) is 5.39 Å². The lowest BCUT2D eigenvalue weighted by Crippen LogP contribution is -2.14. The third-order valence-electron chi connectivity index (χ3n) is 4.41. The fraction of sp³-hybridized carbons (Fsp3) is 0.353. The molecule has 4 rings (SSSR count). The smallest absolute Gasteiger partial charge is 0.196 e. The SMILES string of the molecule is Cc1nn(-c2ccccn2)c2[nH]c3c(c(=O)c12)CCCCC3. The molecule has 22 heavy (non-hydrogen) atoms. The van der Waals surface area contributed by atoms with E-state index in [2.05, 4.69) is 15.1 Å². The second-order valence-corrected chi connectivity index (χ2v) is 5.88. The molecule has 0 aromatic carbocycles. The van der Waals surface area contributed by atoms with Crippen LogP contribution in [-0.2, 0) is 12.8 Å². The molecule has 0 fully saturated rings. The molecule has 3 aromatic rings. The minimum Gasteiger partial charge on any atom is -0.343 e. The van der Waals surface area contributed by atoms with Gasteiger partial charge in [-0.05, 0) is 44.7 Å². The number of hydrogen-bond donors (Lipinski definition) is 1. The number of aryl methyl sites for hydroxylation is 2. The molecule has 0 amide bonds. The first-order chi connectivity index (χ1) is 10.8. The lowest BCUT2D eigenvalue weighted by atomic mass is 10.1. The summed E-state index contributed by atoms with van der Waals surface area (Å²) in [5.41, 5.74) is 3.70. The highest BCUT2D eigenvalue weighted by molar-refractivity contribution is 5.80. The van der Waals surface area contributed by atoms with E-state index in [-0.39, 0.29) is 5.43 Å². The zero-order valence-electron chi connectivity index (χ0n) is 12.6. The number of hydrogen-bond acceptors (Lipinski definition) is 3. The molecular formula is C17H18N4O. The van der Waals surface area contributed by atoms with Gasteiger partial charge in [-0.2, -0.15) is 9.78 Å². The molecule has 5 heteroatoms. The van der Waals surface area contributed by atoms with Crippen LogP contribution >= 0.6 is 0 Å². The van der Waals surface area contributed by atoms with Gasteiger partial charge < -0.3 is 4.98 Å². The molecule has 1 aliphatic carbocycles. The van der Waals surface area contributed by atoms with Crippen molar-refractivity contribution in [3.05, 3.63) is 51.6 Å². The topological polar surface area (TPSA) is 63.6 Å². The Bertz CT molecular complexity index is 892. The molecule has 0 atom stereocenters. The molecule has 0 saturated heterocycles. The molecule has 1 N–H and O–H groups in total.